The first-order valence-corrected chi connectivity index (χ1v) is 9.60. The maximum Gasteiger partial charge on any atom is 0.0983 e. The van der Waals surface area contributed by atoms with Crippen LogP contribution >= 0.6 is 23.2 Å². The number of halogens is 2. The van der Waals surface area contributed by atoms with Crippen molar-refractivity contribution >= 4 is 45.0 Å². The van der Waals surface area contributed by atoms with E-state index >= 15 is 0 Å². The lowest BCUT2D eigenvalue weighted by Gasteiger charge is -2.20. The molecule has 0 fully saturated rings. The van der Waals surface area contributed by atoms with Gasteiger partial charge >= 0.3 is 0 Å². The van der Waals surface area contributed by atoms with Crippen LogP contribution in [-0.4, -0.2) is 9.97 Å². The van der Waals surface area contributed by atoms with Gasteiger partial charge in [-0.2, -0.15) is 0 Å². The predicted molar refractivity (Wildman–Crippen MR) is 100 cm³/mol. The zero-order valence-electron chi connectivity index (χ0n) is 13.5. The van der Waals surface area contributed by atoms with E-state index in [0.29, 0.717) is 0 Å². The van der Waals surface area contributed by atoms with Crippen molar-refractivity contribution in [2.45, 2.75) is 51.4 Å². The third-order valence-corrected chi connectivity index (χ3v) is 6.39. The molecule has 0 radical (unpaired) electrons. The molecule has 122 valence electrons. The molecule has 5 rings (SSSR count). The van der Waals surface area contributed by atoms with Crippen LogP contribution in [0.25, 0.3) is 21.8 Å². The van der Waals surface area contributed by atoms with Gasteiger partial charge in [-0.15, -0.1) is 0 Å². The Hall–Kier alpha value is -1.38. The molecule has 2 aromatic heterocycles. The van der Waals surface area contributed by atoms with Gasteiger partial charge in [-0.05, 0) is 62.5 Å². The molecule has 0 aliphatic heterocycles. The van der Waals surface area contributed by atoms with Crippen LogP contribution in [0.3, 0.4) is 0 Å². The minimum absolute atomic E-state index is 0.868. The monoisotopic (exact) mass is 356 g/mol. The van der Waals surface area contributed by atoms with E-state index < -0.39 is 0 Å². The molecule has 0 N–H and O–H groups in total. The highest BCUT2D eigenvalue weighted by molar-refractivity contribution is 6.39. The Labute approximate surface area is 151 Å². The lowest BCUT2D eigenvalue weighted by atomic mass is 9.92. The van der Waals surface area contributed by atoms with Gasteiger partial charge in [0, 0.05) is 22.2 Å². The molecule has 0 saturated heterocycles. The van der Waals surface area contributed by atoms with Crippen molar-refractivity contribution in [3.63, 3.8) is 0 Å². The summed E-state index contributed by atoms with van der Waals surface area (Å²) >= 11 is 13.5. The SMILES string of the molecule is Clc1c2c(nc3c1ccc1c(Cl)c4c(nc13)CCCC4)CCCC2. The molecular weight excluding hydrogens is 339 g/mol. The Morgan fingerprint density at radius 3 is 1.50 bits per heavy atom. The van der Waals surface area contributed by atoms with Crippen molar-refractivity contribution < 1.29 is 0 Å². The molecule has 0 spiro atoms. The number of hydrogen-bond donors (Lipinski definition) is 0. The average molecular weight is 357 g/mol. The maximum absolute atomic E-state index is 6.74. The van der Waals surface area contributed by atoms with Gasteiger partial charge in [0.1, 0.15) is 0 Å². The highest BCUT2D eigenvalue weighted by Gasteiger charge is 2.22. The summed E-state index contributed by atoms with van der Waals surface area (Å²) in [5.74, 6) is 0. The van der Waals surface area contributed by atoms with Gasteiger partial charge in [0.25, 0.3) is 0 Å². The summed E-state index contributed by atoms with van der Waals surface area (Å²) in [4.78, 5) is 9.98. The van der Waals surface area contributed by atoms with Crippen LogP contribution in [0.15, 0.2) is 12.1 Å². The molecule has 4 heteroatoms. The third-order valence-electron chi connectivity index (χ3n) is 5.52. The second kappa shape index (κ2) is 5.57. The van der Waals surface area contributed by atoms with Crippen LogP contribution in [0, 0.1) is 0 Å². The van der Waals surface area contributed by atoms with Crippen LogP contribution in [0.5, 0.6) is 0 Å². The molecule has 1 aromatic carbocycles. The summed E-state index contributed by atoms with van der Waals surface area (Å²) in [5.41, 5.74) is 6.63. The molecule has 0 amide bonds. The van der Waals surface area contributed by atoms with Crippen LogP contribution in [0.1, 0.15) is 48.2 Å². The standard InChI is InChI=1S/C20H18Cl2N2/c21-17-11-5-1-3-7-15(11)23-19-13(17)9-10-14-18(22)12-6-2-4-8-16(12)24-20(14)19/h9-10H,1-8H2. The number of benzene rings is 1. The van der Waals surface area contributed by atoms with E-state index in [1.54, 1.807) is 0 Å². The van der Waals surface area contributed by atoms with Gasteiger partial charge in [0.15, 0.2) is 0 Å². The predicted octanol–water partition coefficient (Wildman–Crippen LogP) is 5.85. The molecule has 24 heavy (non-hydrogen) atoms. The van der Waals surface area contributed by atoms with Crippen LogP contribution in [0.4, 0.5) is 0 Å². The second-order valence-electron chi connectivity index (χ2n) is 6.97. The van der Waals surface area contributed by atoms with Crippen molar-refractivity contribution in [3.8, 4) is 0 Å². The first kappa shape index (κ1) is 14.9. The summed E-state index contributed by atoms with van der Waals surface area (Å²) < 4.78 is 0. The second-order valence-corrected chi connectivity index (χ2v) is 7.73. The average Bonchev–Trinajstić information content (AvgIpc) is 2.62. The first-order chi connectivity index (χ1) is 11.7. The summed E-state index contributed by atoms with van der Waals surface area (Å²) in [6, 6.07) is 4.15. The molecule has 2 aliphatic carbocycles. The fraction of sp³-hybridized carbons (Fsp3) is 0.400. The number of nitrogens with zero attached hydrogens (tertiary/aromatic N) is 2. The highest BCUT2D eigenvalue weighted by Crippen LogP contribution is 2.39. The van der Waals surface area contributed by atoms with Crippen molar-refractivity contribution in [3.05, 3.63) is 44.7 Å². The van der Waals surface area contributed by atoms with Crippen molar-refractivity contribution in [2.75, 3.05) is 0 Å². The highest BCUT2D eigenvalue weighted by atomic mass is 35.5. The molecule has 3 aromatic rings. The number of hydrogen-bond acceptors (Lipinski definition) is 2. The van der Waals surface area contributed by atoms with Gasteiger partial charge in [-0.1, -0.05) is 35.3 Å². The normalized spacial score (nSPS) is 17.1. The fourth-order valence-corrected chi connectivity index (χ4v) is 4.97. The number of fused-ring (bicyclic) bond motifs is 5. The van der Waals surface area contributed by atoms with Gasteiger partial charge in [0.2, 0.25) is 0 Å². The Kier molecular flexibility index (Phi) is 3.46. The van der Waals surface area contributed by atoms with E-state index in [2.05, 4.69) is 12.1 Å². The molecular formula is C20H18Cl2N2. The lowest BCUT2D eigenvalue weighted by molar-refractivity contribution is 0.670. The summed E-state index contributed by atoms with van der Waals surface area (Å²) in [7, 11) is 0. The molecule has 0 saturated carbocycles. The molecule has 2 heterocycles. The van der Waals surface area contributed by atoms with Crippen molar-refractivity contribution in [1.29, 1.82) is 0 Å². The Morgan fingerprint density at radius 1 is 0.625 bits per heavy atom. The molecule has 2 aliphatic rings. The lowest BCUT2D eigenvalue weighted by Crippen LogP contribution is -2.09. The smallest absolute Gasteiger partial charge is 0.0983 e. The quantitative estimate of drug-likeness (QED) is 0.472. The van der Waals surface area contributed by atoms with Gasteiger partial charge in [-0.3, -0.25) is 9.97 Å². The van der Waals surface area contributed by atoms with Crippen molar-refractivity contribution in [2.24, 2.45) is 0 Å². The number of rotatable bonds is 0. The Morgan fingerprint density at radius 2 is 1.04 bits per heavy atom. The number of pyridine rings is 2. The van der Waals surface area contributed by atoms with Gasteiger partial charge in [-0.25, -0.2) is 0 Å². The van der Waals surface area contributed by atoms with E-state index in [0.717, 1.165) is 68.9 Å². The van der Waals surface area contributed by atoms with Crippen LogP contribution in [-0.2, 0) is 25.7 Å². The molecule has 0 bridgehead atoms. The van der Waals surface area contributed by atoms with E-state index in [1.165, 1.54) is 36.8 Å². The minimum atomic E-state index is 0.868. The van der Waals surface area contributed by atoms with Crippen LogP contribution in [0.2, 0.25) is 10.0 Å². The zero-order chi connectivity index (χ0) is 16.3. The summed E-state index contributed by atoms with van der Waals surface area (Å²) in [6.07, 6.45) is 8.88. The topological polar surface area (TPSA) is 25.8 Å². The number of aromatic nitrogens is 2. The molecule has 2 nitrogen and oxygen atoms in total. The Balaban J connectivity index is 1.90. The summed E-state index contributed by atoms with van der Waals surface area (Å²) in [5, 5.41) is 3.77. The molecule has 0 atom stereocenters. The Bertz CT molecular complexity index is 914. The largest absolute Gasteiger partial charge is 0.250 e. The zero-order valence-corrected chi connectivity index (χ0v) is 15.0. The summed E-state index contributed by atoms with van der Waals surface area (Å²) in [6.45, 7) is 0. The van der Waals surface area contributed by atoms with Crippen molar-refractivity contribution in [1.82, 2.24) is 9.97 Å². The minimum Gasteiger partial charge on any atom is -0.250 e. The fourth-order valence-electron chi connectivity index (χ4n) is 4.25. The van der Waals surface area contributed by atoms with E-state index in [4.69, 9.17) is 33.2 Å². The van der Waals surface area contributed by atoms with Crippen LogP contribution < -0.4 is 0 Å². The van der Waals surface area contributed by atoms with Gasteiger partial charge in [0.05, 0.1) is 21.1 Å². The maximum atomic E-state index is 6.74. The first-order valence-electron chi connectivity index (χ1n) is 8.85. The van der Waals surface area contributed by atoms with E-state index in [-0.39, 0.29) is 0 Å². The number of aryl methyl sites for hydroxylation is 2. The molecule has 0 unspecified atom stereocenters. The van der Waals surface area contributed by atoms with E-state index in [9.17, 15) is 0 Å². The third kappa shape index (κ3) is 2.09. The van der Waals surface area contributed by atoms with E-state index in [1.807, 2.05) is 0 Å². The van der Waals surface area contributed by atoms with Gasteiger partial charge < -0.3 is 0 Å².